The molecule has 0 aliphatic carbocycles. The molecule has 1 unspecified atom stereocenters. The molecule has 1 aliphatic rings. The van der Waals surface area contributed by atoms with Gasteiger partial charge in [-0.3, -0.25) is 9.36 Å². The van der Waals surface area contributed by atoms with E-state index in [1.165, 1.54) is 4.90 Å². The van der Waals surface area contributed by atoms with Gasteiger partial charge in [0.1, 0.15) is 6.61 Å². The second-order valence-corrected chi connectivity index (χ2v) is 5.51. The minimum absolute atomic E-state index is 0.154. The minimum atomic E-state index is -4.49. The lowest BCUT2D eigenvalue weighted by molar-refractivity contribution is -0.138. The number of rotatable bonds is 4. The van der Waals surface area contributed by atoms with Crippen LogP contribution in [0.2, 0.25) is 0 Å². The van der Waals surface area contributed by atoms with Gasteiger partial charge < -0.3 is 19.2 Å². The van der Waals surface area contributed by atoms with E-state index in [9.17, 15) is 22.5 Å². The molecule has 0 saturated carbocycles. The van der Waals surface area contributed by atoms with Crippen LogP contribution < -0.4 is 4.90 Å². The van der Waals surface area contributed by atoms with Gasteiger partial charge in [-0.1, -0.05) is 0 Å². The molecule has 1 amide bonds. The molecule has 1 aromatic heterocycles. The highest BCUT2D eigenvalue weighted by molar-refractivity contribution is 7.32. The predicted molar refractivity (Wildman–Crippen MR) is 73.0 cm³/mol. The van der Waals surface area contributed by atoms with Crippen molar-refractivity contribution in [1.29, 1.82) is 0 Å². The molecule has 2 rings (SSSR count). The molecule has 128 valence electrons. The van der Waals surface area contributed by atoms with Crippen LogP contribution in [0.1, 0.15) is 5.56 Å². The zero-order valence-electron chi connectivity index (χ0n) is 11.8. The fourth-order valence-corrected chi connectivity index (χ4v) is 2.25. The van der Waals surface area contributed by atoms with Gasteiger partial charge in [0, 0.05) is 38.6 Å². The predicted octanol–water partition coefficient (Wildman–Crippen LogP) is 0.543. The van der Waals surface area contributed by atoms with Crippen molar-refractivity contribution in [2.24, 2.45) is 0 Å². The Morgan fingerprint density at radius 1 is 1.26 bits per heavy atom. The molecule has 0 aromatic carbocycles. The van der Waals surface area contributed by atoms with Crippen LogP contribution in [0.15, 0.2) is 12.4 Å². The maximum absolute atomic E-state index is 12.4. The van der Waals surface area contributed by atoms with Crippen LogP contribution in [0, 0.1) is 0 Å². The first-order valence-electron chi connectivity index (χ1n) is 6.55. The second-order valence-electron chi connectivity index (χ2n) is 4.69. The third-order valence-electron chi connectivity index (χ3n) is 3.20. The number of aromatic nitrogens is 2. The zero-order chi connectivity index (χ0) is 17.0. The van der Waals surface area contributed by atoms with E-state index in [2.05, 4.69) is 14.5 Å². The van der Waals surface area contributed by atoms with Gasteiger partial charge in [0.2, 0.25) is 11.9 Å². The molecule has 23 heavy (non-hydrogen) atoms. The van der Waals surface area contributed by atoms with Gasteiger partial charge in [0.15, 0.2) is 0 Å². The second kappa shape index (κ2) is 7.24. The summed E-state index contributed by atoms with van der Waals surface area (Å²) in [5, 5.41) is 0. The van der Waals surface area contributed by atoms with Gasteiger partial charge in [0.05, 0.1) is 5.56 Å². The number of nitrogens with zero attached hydrogens (tertiary/aromatic N) is 4. The topological polar surface area (TPSA) is 95.9 Å². The number of halogens is 3. The quantitative estimate of drug-likeness (QED) is 0.789. The number of hydrogen-bond donors (Lipinski definition) is 1. The van der Waals surface area contributed by atoms with E-state index in [-0.39, 0.29) is 5.95 Å². The average molecular weight is 354 g/mol. The lowest BCUT2D eigenvalue weighted by Gasteiger charge is -2.34. The largest absolute Gasteiger partial charge is 0.419 e. The van der Waals surface area contributed by atoms with Crippen molar-refractivity contribution in [3.8, 4) is 0 Å². The number of carbonyl (C=O) groups is 1. The third-order valence-corrected chi connectivity index (χ3v) is 3.59. The summed E-state index contributed by atoms with van der Waals surface area (Å²) < 4.78 is 52.1. The average Bonchev–Trinajstić information content (AvgIpc) is 2.52. The summed E-state index contributed by atoms with van der Waals surface area (Å²) in [6.45, 7) is 0.778. The van der Waals surface area contributed by atoms with Gasteiger partial charge in [0.25, 0.3) is 0 Å². The van der Waals surface area contributed by atoms with Gasteiger partial charge in [-0.15, -0.1) is 0 Å². The lowest BCUT2D eigenvalue weighted by atomic mass is 10.3. The van der Waals surface area contributed by atoms with E-state index in [4.69, 9.17) is 4.89 Å². The van der Waals surface area contributed by atoms with Gasteiger partial charge in [-0.05, 0) is 0 Å². The summed E-state index contributed by atoms with van der Waals surface area (Å²) in [5.41, 5.74) is -0.925. The fraction of sp³-hybridized carbons (Fsp3) is 0.545. The molecule has 2 heterocycles. The number of carbonyl (C=O) groups excluding carboxylic acids is 1. The Bertz CT molecular complexity index is 576. The molecular weight excluding hydrogens is 340 g/mol. The van der Waals surface area contributed by atoms with Crippen LogP contribution >= 0.6 is 8.25 Å². The maximum Gasteiger partial charge on any atom is 0.419 e. The summed E-state index contributed by atoms with van der Waals surface area (Å²) in [7, 11) is -3.16. The smallest absolute Gasteiger partial charge is 0.337 e. The van der Waals surface area contributed by atoms with Crippen molar-refractivity contribution in [2.45, 2.75) is 6.18 Å². The highest BCUT2D eigenvalue weighted by atomic mass is 31.1. The summed E-state index contributed by atoms with van der Waals surface area (Å²) in [6.07, 6.45) is -3.06. The van der Waals surface area contributed by atoms with Crippen LogP contribution in [0.5, 0.6) is 0 Å². The van der Waals surface area contributed by atoms with Crippen molar-refractivity contribution < 1.29 is 31.9 Å². The number of anilines is 1. The van der Waals surface area contributed by atoms with Crippen LogP contribution in [-0.4, -0.2) is 58.5 Å². The molecule has 1 aromatic rings. The zero-order valence-corrected chi connectivity index (χ0v) is 12.8. The Kier molecular flexibility index (Phi) is 5.55. The molecule has 1 saturated heterocycles. The normalized spacial score (nSPS) is 17.2. The van der Waals surface area contributed by atoms with E-state index in [0.29, 0.717) is 38.6 Å². The molecule has 0 radical (unpaired) electrons. The Morgan fingerprint density at radius 3 is 2.30 bits per heavy atom. The first-order valence-corrected chi connectivity index (χ1v) is 7.81. The molecular formula is C11H14F3N4O4P. The number of hydrogen-bond acceptors (Lipinski definition) is 6. The van der Waals surface area contributed by atoms with E-state index < -0.39 is 32.5 Å². The molecule has 12 heteroatoms. The van der Waals surface area contributed by atoms with E-state index >= 15 is 0 Å². The van der Waals surface area contributed by atoms with Crippen LogP contribution in [0.25, 0.3) is 0 Å². The van der Waals surface area contributed by atoms with E-state index in [0.717, 1.165) is 0 Å². The molecule has 0 spiro atoms. The Balaban J connectivity index is 1.89. The SMILES string of the molecule is O=C(CO[PH](=O)O)N1CCN(c2ncc(C(F)(F)F)cn2)CC1. The Hall–Kier alpha value is -1.71. The minimum Gasteiger partial charge on any atom is -0.337 e. The molecule has 8 nitrogen and oxygen atoms in total. The summed E-state index contributed by atoms with van der Waals surface area (Å²) in [5.74, 6) is -0.271. The lowest BCUT2D eigenvalue weighted by Crippen LogP contribution is -2.50. The molecule has 1 atom stereocenters. The molecule has 0 bridgehead atoms. The summed E-state index contributed by atoms with van der Waals surface area (Å²) >= 11 is 0. The van der Waals surface area contributed by atoms with E-state index in [1.807, 2.05) is 0 Å². The standard InChI is InChI=1S/C11H14F3N4O4P/c12-11(13,14)8-5-15-10(16-6-8)18-3-1-17(2-4-18)9(19)7-22-23(20)21/h5-6,23H,1-4,7H2,(H,20,21). The van der Waals surface area contributed by atoms with Crippen molar-refractivity contribution in [3.63, 3.8) is 0 Å². The van der Waals surface area contributed by atoms with Crippen LogP contribution in [0.4, 0.5) is 19.1 Å². The van der Waals surface area contributed by atoms with Crippen LogP contribution in [0.3, 0.4) is 0 Å². The molecule has 1 aliphatic heterocycles. The number of alkyl halides is 3. The van der Waals surface area contributed by atoms with Crippen LogP contribution in [-0.2, 0) is 20.1 Å². The monoisotopic (exact) mass is 354 g/mol. The Labute approximate surface area is 129 Å². The fourth-order valence-electron chi connectivity index (χ4n) is 2.00. The Morgan fingerprint density at radius 2 is 1.83 bits per heavy atom. The van der Waals surface area contributed by atoms with E-state index in [1.54, 1.807) is 4.90 Å². The first-order chi connectivity index (χ1) is 10.8. The van der Waals surface area contributed by atoms with Crippen molar-refractivity contribution in [3.05, 3.63) is 18.0 Å². The highest BCUT2D eigenvalue weighted by Crippen LogP contribution is 2.28. The molecule has 1 fully saturated rings. The molecule has 1 N–H and O–H groups in total. The summed E-state index contributed by atoms with van der Waals surface area (Å²) in [4.78, 5) is 30.7. The highest BCUT2D eigenvalue weighted by Gasteiger charge is 2.32. The third kappa shape index (κ3) is 4.88. The number of piperazine rings is 1. The van der Waals surface area contributed by atoms with Crippen molar-refractivity contribution >= 4 is 20.1 Å². The van der Waals surface area contributed by atoms with Crippen molar-refractivity contribution in [2.75, 3.05) is 37.7 Å². The summed E-state index contributed by atoms with van der Waals surface area (Å²) in [6, 6.07) is 0. The number of amides is 1. The maximum atomic E-state index is 12.4. The van der Waals surface area contributed by atoms with Gasteiger partial charge in [-0.25, -0.2) is 9.97 Å². The first kappa shape index (κ1) is 17.6. The van der Waals surface area contributed by atoms with Gasteiger partial charge >= 0.3 is 14.4 Å². The van der Waals surface area contributed by atoms with Gasteiger partial charge in [-0.2, -0.15) is 13.2 Å². The van der Waals surface area contributed by atoms with Crippen molar-refractivity contribution in [1.82, 2.24) is 14.9 Å².